The Hall–Kier alpha value is -2.29. The highest BCUT2D eigenvalue weighted by Gasteiger charge is 2.24. The molecule has 26 heavy (non-hydrogen) atoms. The lowest BCUT2D eigenvalue weighted by Crippen LogP contribution is -2.33. The summed E-state index contributed by atoms with van der Waals surface area (Å²) < 4.78 is 5.68. The van der Waals surface area contributed by atoms with E-state index in [0.717, 1.165) is 44.2 Å². The molecule has 1 aromatic heterocycles. The highest BCUT2D eigenvalue weighted by molar-refractivity contribution is 5.46. The normalized spacial score (nSPS) is 15.7. The number of nitriles is 1. The maximum atomic E-state index is 8.70. The van der Waals surface area contributed by atoms with Crippen molar-refractivity contribution in [3.8, 4) is 6.07 Å². The fourth-order valence-corrected chi connectivity index (χ4v) is 3.51. The molecule has 0 aliphatic carbocycles. The zero-order valence-electron chi connectivity index (χ0n) is 15.5. The van der Waals surface area contributed by atoms with Crippen LogP contribution >= 0.6 is 0 Å². The predicted molar refractivity (Wildman–Crippen MR) is 104 cm³/mol. The van der Waals surface area contributed by atoms with Gasteiger partial charge in [-0.3, -0.25) is 4.90 Å². The average Bonchev–Trinajstić information content (AvgIpc) is 3.38. The summed E-state index contributed by atoms with van der Waals surface area (Å²) in [7, 11) is 2.02. The molecular formula is C21H28N4O. The molecule has 1 fully saturated rings. The van der Waals surface area contributed by atoms with Gasteiger partial charge >= 0.3 is 0 Å². The molecule has 0 spiro atoms. The van der Waals surface area contributed by atoms with Crippen molar-refractivity contribution in [1.82, 2.24) is 10.2 Å². The van der Waals surface area contributed by atoms with E-state index in [-0.39, 0.29) is 0 Å². The molecule has 1 unspecified atom stereocenters. The lowest BCUT2D eigenvalue weighted by molar-refractivity contribution is 0.209. The van der Waals surface area contributed by atoms with Gasteiger partial charge in [-0.25, -0.2) is 0 Å². The molecule has 0 saturated carbocycles. The number of nitrogens with one attached hydrogen (secondary N) is 1. The first-order valence-corrected chi connectivity index (χ1v) is 9.43. The van der Waals surface area contributed by atoms with E-state index < -0.39 is 0 Å². The van der Waals surface area contributed by atoms with Crippen LogP contribution in [0.2, 0.25) is 0 Å². The van der Waals surface area contributed by atoms with E-state index in [1.807, 2.05) is 13.1 Å². The molecule has 5 nitrogen and oxygen atoms in total. The summed E-state index contributed by atoms with van der Waals surface area (Å²) in [5.74, 6) is 1.05. The number of hydrogen-bond donors (Lipinski definition) is 1. The van der Waals surface area contributed by atoms with Crippen LogP contribution < -0.4 is 10.2 Å². The average molecular weight is 352 g/mol. The molecule has 1 aromatic carbocycles. The minimum atomic E-state index is 0.309. The lowest BCUT2D eigenvalue weighted by atomic mass is 10.1. The van der Waals surface area contributed by atoms with Crippen molar-refractivity contribution in [3.05, 3.63) is 54.0 Å². The van der Waals surface area contributed by atoms with Crippen molar-refractivity contribution in [1.29, 1.82) is 5.26 Å². The van der Waals surface area contributed by atoms with Gasteiger partial charge in [-0.05, 0) is 55.8 Å². The molecule has 1 atom stereocenters. The Balaban J connectivity index is 1.52. The van der Waals surface area contributed by atoms with Crippen LogP contribution in [0.3, 0.4) is 0 Å². The Labute approximate surface area is 156 Å². The first-order valence-electron chi connectivity index (χ1n) is 9.43. The predicted octanol–water partition coefficient (Wildman–Crippen LogP) is 3.56. The minimum absolute atomic E-state index is 0.309. The van der Waals surface area contributed by atoms with Gasteiger partial charge in [0.15, 0.2) is 0 Å². The van der Waals surface area contributed by atoms with E-state index in [9.17, 15) is 0 Å². The Morgan fingerprint density at radius 3 is 2.65 bits per heavy atom. The number of benzene rings is 1. The van der Waals surface area contributed by atoms with Gasteiger partial charge in [0.05, 0.1) is 24.8 Å². The van der Waals surface area contributed by atoms with E-state index >= 15 is 0 Å². The minimum Gasteiger partial charge on any atom is -0.468 e. The molecule has 5 heteroatoms. The van der Waals surface area contributed by atoms with Crippen LogP contribution in [0.1, 0.15) is 36.6 Å². The van der Waals surface area contributed by atoms with Crippen LogP contribution in [-0.2, 0) is 6.54 Å². The van der Waals surface area contributed by atoms with Crippen LogP contribution in [-0.4, -0.2) is 38.1 Å². The molecule has 2 heterocycles. The third kappa shape index (κ3) is 4.87. The molecule has 0 bridgehead atoms. The zero-order valence-corrected chi connectivity index (χ0v) is 15.5. The number of rotatable bonds is 9. The second kappa shape index (κ2) is 9.42. The van der Waals surface area contributed by atoms with Gasteiger partial charge < -0.3 is 14.6 Å². The topological polar surface area (TPSA) is 55.4 Å². The van der Waals surface area contributed by atoms with Crippen LogP contribution in [0.4, 0.5) is 5.69 Å². The van der Waals surface area contributed by atoms with E-state index in [0.29, 0.717) is 12.5 Å². The van der Waals surface area contributed by atoms with Crippen molar-refractivity contribution in [2.24, 2.45) is 0 Å². The Bertz CT molecular complexity index is 684. The Morgan fingerprint density at radius 2 is 2.00 bits per heavy atom. The van der Waals surface area contributed by atoms with Crippen LogP contribution in [0, 0.1) is 11.3 Å². The molecule has 1 aliphatic heterocycles. The molecule has 1 saturated heterocycles. The standard InChI is InChI=1S/C21H28N4O/c1-24(12-5-11-22)19-9-7-18(8-10-19)16-23-17-20(21-6-4-15-26-21)25-13-2-3-14-25/h4,6-10,15,20,23H,2-3,5,12-14,16-17H2,1H3. The molecule has 2 aromatic rings. The number of hydrogen-bond acceptors (Lipinski definition) is 5. The maximum Gasteiger partial charge on any atom is 0.122 e. The van der Waals surface area contributed by atoms with Crippen molar-refractivity contribution in [2.75, 3.05) is 38.1 Å². The van der Waals surface area contributed by atoms with Crippen molar-refractivity contribution < 1.29 is 4.42 Å². The zero-order chi connectivity index (χ0) is 18.2. The fraction of sp³-hybridized carbons (Fsp3) is 0.476. The molecule has 1 aliphatic rings. The summed E-state index contributed by atoms with van der Waals surface area (Å²) >= 11 is 0. The fourth-order valence-electron chi connectivity index (χ4n) is 3.51. The SMILES string of the molecule is CN(CCC#N)c1ccc(CNCC(c2ccco2)N2CCCC2)cc1. The smallest absolute Gasteiger partial charge is 0.122 e. The van der Waals surface area contributed by atoms with E-state index in [1.54, 1.807) is 6.26 Å². The highest BCUT2D eigenvalue weighted by atomic mass is 16.3. The molecule has 3 rings (SSSR count). The van der Waals surface area contributed by atoms with Gasteiger partial charge in [-0.1, -0.05) is 12.1 Å². The Morgan fingerprint density at radius 1 is 1.23 bits per heavy atom. The summed E-state index contributed by atoms with van der Waals surface area (Å²) in [6.45, 7) is 4.78. The summed E-state index contributed by atoms with van der Waals surface area (Å²) in [5, 5.41) is 12.3. The van der Waals surface area contributed by atoms with Gasteiger partial charge in [0, 0.05) is 32.4 Å². The van der Waals surface area contributed by atoms with Crippen molar-refractivity contribution >= 4 is 5.69 Å². The molecule has 1 N–H and O–H groups in total. The number of anilines is 1. The van der Waals surface area contributed by atoms with E-state index in [1.165, 1.54) is 18.4 Å². The highest BCUT2D eigenvalue weighted by Crippen LogP contribution is 2.25. The van der Waals surface area contributed by atoms with Crippen molar-refractivity contribution in [3.63, 3.8) is 0 Å². The van der Waals surface area contributed by atoms with Crippen LogP contribution in [0.15, 0.2) is 47.1 Å². The van der Waals surface area contributed by atoms with Gasteiger partial charge in [0.2, 0.25) is 0 Å². The number of furan rings is 1. The molecule has 0 amide bonds. The van der Waals surface area contributed by atoms with E-state index in [4.69, 9.17) is 9.68 Å². The molecular weight excluding hydrogens is 324 g/mol. The van der Waals surface area contributed by atoms with Crippen LogP contribution in [0.25, 0.3) is 0 Å². The first-order chi connectivity index (χ1) is 12.8. The third-order valence-corrected chi connectivity index (χ3v) is 5.06. The van der Waals surface area contributed by atoms with Gasteiger partial charge in [0.1, 0.15) is 5.76 Å². The monoisotopic (exact) mass is 352 g/mol. The quantitative estimate of drug-likeness (QED) is 0.748. The summed E-state index contributed by atoms with van der Waals surface area (Å²) in [5.41, 5.74) is 2.41. The van der Waals surface area contributed by atoms with Crippen molar-refractivity contribution in [2.45, 2.75) is 31.8 Å². The Kier molecular flexibility index (Phi) is 6.70. The second-order valence-electron chi connectivity index (χ2n) is 6.90. The number of nitrogens with zero attached hydrogens (tertiary/aromatic N) is 3. The number of likely N-dealkylation sites (tertiary alicyclic amines) is 1. The third-order valence-electron chi connectivity index (χ3n) is 5.06. The van der Waals surface area contributed by atoms with Gasteiger partial charge in [-0.15, -0.1) is 0 Å². The molecule has 0 radical (unpaired) electrons. The van der Waals surface area contributed by atoms with Crippen LogP contribution in [0.5, 0.6) is 0 Å². The summed E-state index contributed by atoms with van der Waals surface area (Å²) in [4.78, 5) is 4.62. The summed E-state index contributed by atoms with van der Waals surface area (Å²) in [6, 6.07) is 15.1. The largest absolute Gasteiger partial charge is 0.468 e. The molecule has 138 valence electrons. The van der Waals surface area contributed by atoms with Gasteiger partial charge in [-0.2, -0.15) is 5.26 Å². The lowest BCUT2D eigenvalue weighted by Gasteiger charge is -2.26. The van der Waals surface area contributed by atoms with Gasteiger partial charge in [0.25, 0.3) is 0 Å². The first kappa shape index (κ1) is 18.5. The summed E-state index contributed by atoms with van der Waals surface area (Å²) in [6.07, 6.45) is 4.86. The maximum absolute atomic E-state index is 8.70. The van der Waals surface area contributed by atoms with E-state index in [2.05, 4.69) is 51.5 Å². The second-order valence-corrected chi connectivity index (χ2v) is 6.90.